The highest BCUT2D eigenvalue weighted by atomic mass is 32.3. The van der Waals surface area contributed by atoms with Crippen LogP contribution in [0.3, 0.4) is 0 Å². The molecule has 2 aromatic rings. The number of nitrogens with two attached hydrogens (primary N) is 1. The second kappa shape index (κ2) is 6.28. The summed E-state index contributed by atoms with van der Waals surface area (Å²) in [6.45, 7) is 2.18. The van der Waals surface area contributed by atoms with Crippen LogP contribution in [0.25, 0.3) is 0 Å². The van der Waals surface area contributed by atoms with Gasteiger partial charge in [0.05, 0.1) is 18.0 Å². The van der Waals surface area contributed by atoms with Crippen LogP contribution in [0.4, 0.5) is 11.5 Å². The number of thioether (sulfide) groups is 1. The smallest absolute Gasteiger partial charge is 0.303 e. The van der Waals surface area contributed by atoms with Crippen molar-refractivity contribution in [2.75, 3.05) is 31.3 Å². The molecule has 0 aliphatic carbocycles. The summed E-state index contributed by atoms with van der Waals surface area (Å²) in [7, 11) is -2.37. The molecule has 24 heavy (non-hydrogen) atoms. The van der Waals surface area contributed by atoms with Crippen LogP contribution >= 0.6 is 11.8 Å². The molecule has 1 aromatic carbocycles. The number of nitrogens with one attached hydrogen (secondary N) is 2. The van der Waals surface area contributed by atoms with E-state index in [0.717, 1.165) is 16.7 Å². The molecule has 10 heteroatoms. The number of aryl methyl sites for hydroxylation is 1. The molecular formula is C14H19N5O3S2. The average Bonchev–Trinajstić information content (AvgIpc) is 3.08. The highest BCUT2D eigenvalue weighted by Gasteiger charge is 2.53. The number of nitrogens with zero attached hydrogens (tertiary/aromatic N) is 2. The van der Waals surface area contributed by atoms with Gasteiger partial charge < -0.3 is 15.8 Å². The minimum atomic E-state index is -3.88. The van der Waals surface area contributed by atoms with E-state index >= 15 is 0 Å². The Morgan fingerprint density at radius 2 is 2.21 bits per heavy atom. The van der Waals surface area contributed by atoms with Crippen LogP contribution in [-0.4, -0.2) is 38.5 Å². The molecule has 1 atom stereocenters. The Morgan fingerprint density at radius 1 is 1.46 bits per heavy atom. The zero-order chi connectivity index (χ0) is 17.4. The molecule has 0 saturated heterocycles. The van der Waals surface area contributed by atoms with E-state index in [1.54, 1.807) is 13.0 Å². The van der Waals surface area contributed by atoms with Crippen molar-refractivity contribution in [3.05, 3.63) is 36.0 Å². The number of fused-ring (bicyclic) bond motifs is 1. The Hall–Kier alpha value is -1.75. The van der Waals surface area contributed by atoms with E-state index in [0.29, 0.717) is 11.4 Å². The molecular weight excluding hydrogens is 350 g/mol. The minimum absolute atomic E-state index is 0.152. The van der Waals surface area contributed by atoms with Crippen molar-refractivity contribution in [3.63, 3.8) is 0 Å². The van der Waals surface area contributed by atoms with Crippen molar-refractivity contribution in [2.45, 2.75) is 16.1 Å². The molecule has 0 bridgehead atoms. The molecule has 1 aromatic heterocycles. The summed E-state index contributed by atoms with van der Waals surface area (Å²) < 4.78 is 33.4. The summed E-state index contributed by atoms with van der Waals surface area (Å²) in [5, 5.41) is 7.38. The second-order valence-electron chi connectivity index (χ2n) is 5.32. The lowest BCUT2D eigenvalue weighted by Gasteiger charge is -2.29. The average molecular weight is 369 g/mol. The number of para-hydroxylation sites is 1. The minimum Gasteiger partial charge on any atom is -0.384 e. The third kappa shape index (κ3) is 2.75. The van der Waals surface area contributed by atoms with E-state index in [4.69, 9.17) is 10.5 Å². The first-order valence-corrected chi connectivity index (χ1v) is 9.56. The van der Waals surface area contributed by atoms with Gasteiger partial charge in [0.2, 0.25) is 0 Å². The fourth-order valence-corrected chi connectivity index (χ4v) is 5.59. The van der Waals surface area contributed by atoms with Crippen LogP contribution in [0.5, 0.6) is 0 Å². The number of aromatic nitrogens is 2. The van der Waals surface area contributed by atoms with E-state index in [2.05, 4.69) is 15.1 Å². The number of methoxy groups -OCH3 is 1. The molecule has 8 nitrogen and oxygen atoms in total. The summed E-state index contributed by atoms with van der Waals surface area (Å²) in [4.78, 5) is 0.808. The molecule has 1 aliphatic rings. The Kier molecular flexibility index (Phi) is 4.47. The van der Waals surface area contributed by atoms with Gasteiger partial charge in [-0.15, -0.1) is 0 Å². The predicted octanol–water partition coefficient (Wildman–Crippen LogP) is 1.13. The van der Waals surface area contributed by atoms with Crippen LogP contribution in [0.1, 0.15) is 5.69 Å². The van der Waals surface area contributed by atoms with Crippen molar-refractivity contribution in [1.82, 2.24) is 14.5 Å². The van der Waals surface area contributed by atoms with E-state index in [1.807, 2.05) is 24.3 Å². The molecule has 2 heterocycles. The Bertz CT molecular complexity index is 825. The lowest BCUT2D eigenvalue weighted by Crippen LogP contribution is -2.51. The van der Waals surface area contributed by atoms with Gasteiger partial charge in [-0.1, -0.05) is 23.9 Å². The quantitative estimate of drug-likeness (QED) is 0.654. The Labute approximate surface area is 144 Å². The maximum Gasteiger partial charge on any atom is 0.303 e. The summed E-state index contributed by atoms with van der Waals surface area (Å²) >= 11 is 1.15. The second-order valence-corrected chi connectivity index (χ2v) is 8.70. The normalized spacial score (nSPS) is 19.9. The van der Waals surface area contributed by atoms with Crippen molar-refractivity contribution in [2.24, 2.45) is 0 Å². The standard InChI is InChI=1S/C14H19N5O3S2/c1-10-9-13(15)19(18-10)14(24(20,21)16-7-8-22-2)17-11-5-3-4-6-12(11)23-14/h3-6,9,16-17H,7-8,15H2,1-2H3. The third-order valence-electron chi connectivity index (χ3n) is 3.53. The predicted molar refractivity (Wildman–Crippen MR) is 94.1 cm³/mol. The maximum absolute atomic E-state index is 13.1. The van der Waals surface area contributed by atoms with E-state index < -0.39 is 14.4 Å². The topological polar surface area (TPSA) is 111 Å². The van der Waals surface area contributed by atoms with Gasteiger partial charge in [0.25, 0.3) is 10.0 Å². The number of hydrogen-bond donors (Lipinski definition) is 3. The van der Waals surface area contributed by atoms with Gasteiger partial charge in [-0.05, 0) is 19.1 Å². The molecule has 130 valence electrons. The van der Waals surface area contributed by atoms with Gasteiger partial charge in [0.1, 0.15) is 5.82 Å². The molecule has 0 spiro atoms. The Morgan fingerprint density at radius 3 is 2.83 bits per heavy atom. The fraction of sp³-hybridized carbons (Fsp3) is 0.357. The molecule has 0 amide bonds. The maximum atomic E-state index is 13.1. The van der Waals surface area contributed by atoms with Gasteiger partial charge >= 0.3 is 4.33 Å². The monoisotopic (exact) mass is 369 g/mol. The summed E-state index contributed by atoms with van der Waals surface area (Å²) in [6, 6.07) is 9.00. The van der Waals surface area contributed by atoms with E-state index in [1.165, 1.54) is 11.8 Å². The number of benzene rings is 1. The van der Waals surface area contributed by atoms with Crippen LogP contribution < -0.4 is 15.8 Å². The van der Waals surface area contributed by atoms with Crippen molar-refractivity contribution in [3.8, 4) is 0 Å². The van der Waals surface area contributed by atoms with Gasteiger partial charge in [-0.3, -0.25) is 0 Å². The van der Waals surface area contributed by atoms with Crippen molar-refractivity contribution < 1.29 is 13.2 Å². The molecule has 0 saturated carbocycles. The molecule has 4 N–H and O–H groups in total. The zero-order valence-corrected chi connectivity index (χ0v) is 14.9. The lowest BCUT2D eigenvalue weighted by atomic mass is 10.3. The molecule has 1 aliphatic heterocycles. The number of ether oxygens (including phenoxy) is 1. The van der Waals surface area contributed by atoms with Gasteiger partial charge in [0, 0.05) is 24.6 Å². The van der Waals surface area contributed by atoms with Crippen LogP contribution in [0.15, 0.2) is 35.2 Å². The van der Waals surface area contributed by atoms with Crippen molar-refractivity contribution in [1.29, 1.82) is 0 Å². The lowest BCUT2D eigenvalue weighted by molar-refractivity contribution is 0.204. The summed E-state index contributed by atoms with van der Waals surface area (Å²) in [6.07, 6.45) is 0. The first-order valence-electron chi connectivity index (χ1n) is 7.26. The van der Waals surface area contributed by atoms with E-state index in [-0.39, 0.29) is 19.0 Å². The van der Waals surface area contributed by atoms with Crippen LogP contribution in [-0.2, 0) is 19.1 Å². The highest BCUT2D eigenvalue weighted by molar-refractivity contribution is 8.13. The third-order valence-corrected chi connectivity index (χ3v) is 7.15. The number of sulfonamides is 1. The molecule has 0 fully saturated rings. The number of anilines is 2. The first kappa shape index (κ1) is 17.1. The van der Waals surface area contributed by atoms with Gasteiger partial charge in [-0.2, -0.15) is 9.78 Å². The molecule has 0 radical (unpaired) electrons. The largest absolute Gasteiger partial charge is 0.384 e. The molecule has 1 unspecified atom stereocenters. The fourth-order valence-electron chi connectivity index (χ4n) is 2.47. The molecule has 3 rings (SSSR count). The summed E-state index contributed by atoms with van der Waals surface area (Å²) in [5.41, 5.74) is 7.37. The van der Waals surface area contributed by atoms with E-state index in [9.17, 15) is 8.42 Å². The zero-order valence-electron chi connectivity index (χ0n) is 13.3. The van der Waals surface area contributed by atoms with Gasteiger partial charge in [0.15, 0.2) is 0 Å². The van der Waals surface area contributed by atoms with Crippen LogP contribution in [0, 0.1) is 6.92 Å². The Balaban J connectivity index is 2.08. The van der Waals surface area contributed by atoms with Crippen molar-refractivity contribution >= 4 is 33.3 Å². The first-order chi connectivity index (χ1) is 11.4. The number of rotatable bonds is 6. The summed E-state index contributed by atoms with van der Waals surface area (Å²) in [5.74, 6) is 0.262. The SMILES string of the molecule is COCCNS(=O)(=O)C1(n2nc(C)cc2N)Nc2ccccc2S1. The number of hydrogen-bond acceptors (Lipinski definition) is 7. The highest BCUT2D eigenvalue weighted by Crippen LogP contribution is 2.51. The number of nitrogen functional groups attached to an aromatic ring is 1. The van der Waals surface area contributed by atoms with Gasteiger partial charge in [-0.25, -0.2) is 13.1 Å². The van der Waals surface area contributed by atoms with Crippen LogP contribution in [0.2, 0.25) is 0 Å².